The van der Waals surface area contributed by atoms with Gasteiger partial charge in [0, 0.05) is 18.5 Å². The van der Waals surface area contributed by atoms with Crippen molar-refractivity contribution >= 4 is 33.7 Å². The maximum absolute atomic E-state index is 12.7. The van der Waals surface area contributed by atoms with Gasteiger partial charge in [0.15, 0.2) is 5.13 Å². The number of fused-ring (bicyclic) bond motifs is 1. The van der Waals surface area contributed by atoms with Crippen molar-refractivity contribution in [3.05, 3.63) is 26.1 Å². The van der Waals surface area contributed by atoms with Crippen LogP contribution in [0.4, 0.5) is 5.13 Å². The Hall–Kier alpha value is -1.47. The average molecular weight is 351 g/mol. The molecule has 1 amide bonds. The van der Waals surface area contributed by atoms with Crippen LogP contribution in [-0.4, -0.2) is 34.4 Å². The number of nitrogens with zero attached hydrogens (tertiary/aromatic N) is 3. The number of thiazole rings is 2. The van der Waals surface area contributed by atoms with Crippen LogP contribution in [0.25, 0.3) is 0 Å². The Morgan fingerprint density at radius 3 is 2.78 bits per heavy atom. The van der Waals surface area contributed by atoms with Crippen LogP contribution in [0.2, 0.25) is 0 Å². The van der Waals surface area contributed by atoms with Crippen LogP contribution in [0.1, 0.15) is 50.7 Å². The fourth-order valence-corrected chi connectivity index (χ4v) is 4.98. The zero-order chi connectivity index (χ0) is 16.4. The summed E-state index contributed by atoms with van der Waals surface area (Å²) in [5.41, 5.74) is 2.04. The van der Waals surface area contributed by atoms with Gasteiger partial charge in [-0.3, -0.25) is 4.79 Å². The second-order valence-corrected chi connectivity index (χ2v) is 7.98. The molecule has 0 unspecified atom stereocenters. The number of hydrogen-bond donors (Lipinski definition) is 1. The van der Waals surface area contributed by atoms with Crippen LogP contribution < -0.4 is 5.32 Å². The van der Waals surface area contributed by atoms with Crippen molar-refractivity contribution in [2.75, 3.05) is 18.9 Å². The molecule has 3 rings (SSSR count). The molecule has 0 aliphatic heterocycles. The summed E-state index contributed by atoms with van der Waals surface area (Å²) < 4.78 is 0. The molecule has 0 aromatic carbocycles. The molecule has 1 aliphatic rings. The second-order valence-electron chi connectivity index (χ2n) is 5.81. The first-order chi connectivity index (χ1) is 11.1. The molecule has 23 heavy (non-hydrogen) atoms. The number of nitrogens with one attached hydrogen (secondary N) is 1. The number of hydrogen-bond acceptors (Lipinski definition) is 6. The summed E-state index contributed by atoms with van der Waals surface area (Å²) in [4.78, 5) is 25.7. The van der Waals surface area contributed by atoms with E-state index in [4.69, 9.17) is 4.98 Å². The van der Waals surface area contributed by atoms with Crippen molar-refractivity contribution in [2.45, 2.75) is 46.1 Å². The molecule has 7 heteroatoms. The van der Waals surface area contributed by atoms with Crippen molar-refractivity contribution in [3.8, 4) is 0 Å². The van der Waals surface area contributed by atoms with E-state index in [1.54, 1.807) is 16.2 Å². The van der Waals surface area contributed by atoms with E-state index in [1.807, 2.05) is 20.9 Å². The maximum atomic E-state index is 12.7. The van der Waals surface area contributed by atoms with Crippen LogP contribution in [-0.2, 0) is 19.4 Å². The van der Waals surface area contributed by atoms with Gasteiger partial charge in [0.2, 0.25) is 0 Å². The van der Waals surface area contributed by atoms with Crippen LogP contribution in [0.5, 0.6) is 0 Å². The minimum atomic E-state index is 0.0253. The number of aryl methyl sites for hydroxylation is 3. The number of carbonyl (C=O) groups is 1. The highest BCUT2D eigenvalue weighted by Gasteiger charge is 2.21. The third kappa shape index (κ3) is 3.55. The van der Waals surface area contributed by atoms with Gasteiger partial charge in [-0.1, -0.05) is 11.3 Å². The number of rotatable bonds is 5. The van der Waals surface area contributed by atoms with Gasteiger partial charge in [0.05, 0.1) is 17.9 Å². The Bertz CT molecular complexity index is 683. The fraction of sp³-hybridized carbons (Fsp3) is 0.562. The average Bonchev–Trinajstić information content (AvgIpc) is 3.09. The Morgan fingerprint density at radius 2 is 2.04 bits per heavy atom. The van der Waals surface area contributed by atoms with Crippen LogP contribution in [0, 0.1) is 6.92 Å². The summed E-state index contributed by atoms with van der Waals surface area (Å²) in [6, 6.07) is 0. The summed E-state index contributed by atoms with van der Waals surface area (Å²) in [5.74, 6) is 0.0253. The summed E-state index contributed by atoms with van der Waals surface area (Å²) in [7, 11) is 1.84. The van der Waals surface area contributed by atoms with Gasteiger partial charge >= 0.3 is 0 Å². The Labute approximate surface area is 144 Å². The predicted molar refractivity (Wildman–Crippen MR) is 95.6 cm³/mol. The summed E-state index contributed by atoms with van der Waals surface area (Å²) in [5, 5.41) is 5.03. The first-order valence-corrected chi connectivity index (χ1v) is 9.66. The van der Waals surface area contributed by atoms with E-state index in [1.165, 1.54) is 34.7 Å². The number of carbonyl (C=O) groups excluding carboxylic acids is 1. The van der Waals surface area contributed by atoms with Crippen molar-refractivity contribution in [2.24, 2.45) is 0 Å². The highest BCUT2D eigenvalue weighted by atomic mass is 32.1. The largest absolute Gasteiger partial charge is 0.362 e. The smallest absolute Gasteiger partial charge is 0.266 e. The lowest BCUT2D eigenvalue weighted by Crippen LogP contribution is -2.26. The molecule has 2 aromatic heterocycles. The van der Waals surface area contributed by atoms with Crippen molar-refractivity contribution < 1.29 is 4.79 Å². The zero-order valence-electron chi connectivity index (χ0n) is 13.8. The molecule has 0 atom stereocenters. The fourth-order valence-electron chi connectivity index (χ4n) is 2.74. The van der Waals surface area contributed by atoms with Gasteiger partial charge in [0.25, 0.3) is 5.91 Å². The molecular formula is C16H22N4OS2. The van der Waals surface area contributed by atoms with Crippen LogP contribution in [0.15, 0.2) is 0 Å². The number of amides is 1. The van der Waals surface area contributed by atoms with Crippen molar-refractivity contribution in [1.82, 2.24) is 14.9 Å². The zero-order valence-corrected chi connectivity index (χ0v) is 15.4. The normalized spacial score (nSPS) is 13.7. The summed E-state index contributed by atoms with van der Waals surface area (Å²) >= 11 is 3.19. The highest BCUT2D eigenvalue weighted by Crippen LogP contribution is 2.28. The lowest BCUT2D eigenvalue weighted by Gasteiger charge is -2.14. The minimum absolute atomic E-state index is 0.0253. The SMILES string of the molecule is CCNc1nc(C)c(C(=O)N(C)Cc2nc3c(s2)CCCC3)s1. The van der Waals surface area contributed by atoms with Crippen molar-refractivity contribution in [1.29, 1.82) is 0 Å². The minimum Gasteiger partial charge on any atom is -0.362 e. The van der Waals surface area contributed by atoms with Crippen LogP contribution in [0.3, 0.4) is 0 Å². The third-order valence-corrected chi connectivity index (χ3v) is 6.17. The molecule has 0 spiro atoms. The standard InChI is InChI=1S/C16H22N4OS2/c1-4-17-16-18-10(2)14(23-16)15(21)20(3)9-13-19-11-7-5-6-8-12(11)22-13/h4-9H2,1-3H3,(H,17,18). The highest BCUT2D eigenvalue weighted by molar-refractivity contribution is 7.17. The van der Waals surface area contributed by atoms with Crippen molar-refractivity contribution in [3.63, 3.8) is 0 Å². The topological polar surface area (TPSA) is 58.1 Å². The lowest BCUT2D eigenvalue weighted by molar-refractivity contribution is 0.0788. The molecule has 1 N–H and O–H groups in total. The molecule has 0 fully saturated rings. The molecule has 0 radical (unpaired) electrons. The maximum Gasteiger partial charge on any atom is 0.266 e. The van der Waals surface area contributed by atoms with E-state index in [2.05, 4.69) is 10.3 Å². The van der Waals surface area contributed by atoms with Gasteiger partial charge in [-0.05, 0) is 39.5 Å². The second kappa shape index (κ2) is 6.97. The predicted octanol–water partition coefficient (Wildman–Crippen LogP) is 3.49. The van der Waals surface area contributed by atoms with Gasteiger partial charge in [0.1, 0.15) is 9.88 Å². The molecule has 5 nitrogen and oxygen atoms in total. The molecular weight excluding hydrogens is 328 g/mol. The summed E-state index contributed by atoms with van der Waals surface area (Å²) in [6.07, 6.45) is 4.73. The van der Waals surface area contributed by atoms with Gasteiger partial charge in [-0.15, -0.1) is 11.3 Å². The van der Waals surface area contributed by atoms with E-state index in [0.717, 1.165) is 35.2 Å². The Morgan fingerprint density at radius 1 is 1.26 bits per heavy atom. The van der Waals surface area contributed by atoms with E-state index >= 15 is 0 Å². The van der Waals surface area contributed by atoms with Gasteiger partial charge in [-0.2, -0.15) is 0 Å². The summed E-state index contributed by atoms with van der Waals surface area (Å²) in [6.45, 7) is 5.29. The Balaban J connectivity index is 1.71. The monoisotopic (exact) mass is 350 g/mol. The number of aromatic nitrogens is 2. The molecule has 0 saturated carbocycles. The van der Waals surface area contributed by atoms with Gasteiger partial charge < -0.3 is 10.2 Å². The molecule has 2 aromatic rings. The van der Waals surface area contributed by atoms with E-state index in [0.29, 0.717) is 11.4 Å². The molecule has 124 valence electrons. The molecule has 2 heterocycles. The van der Waals surface area contributed by atoms with Crippen LogP contribution >= 0.6 is 22.7 Å². The number of anilines is 1. The quantitative estimate of drug-likeness (QED) is 0.897. The first kappa shape index (κ1) is 16.4. The first-order valence-electron chi connectivity index (χ1n) is 8.02. The Kier molecular flexibility index (Phi) is 4.96. The molecule has 0 bridgehead atoms. The molecule has 0 saturated heterocycles. The van der Waals surface area contributed by atoms with Gasteiger partial charge in [-0.25, -0.2) is 9.97 Å². The van der Waals surface area contributed by atoms with E-state index in [-0.39, 0.29) is 5.91 Å². The molecule has 1 aliphatic carbocycles. The third-order valence-electron chi connectivity index (χ3n) is 3.93. The van der Waals surface area contributed by atoms with E-state index < -0.39 is 0 Å². The van der Waals surface area contributed by atoms with E-state index in [9.17, 15) is 4.79 Å². The lowest BCUT2D eigenvalue weighted by atomic mass is 10.0.